The Balaban J connectivity index is 1.48. The lowest BCUT2D eigenvalue weighted by Gasteiger charge is -2.22. The molecule has 1 amide bonds. The highest BCUT2D eigenvalue weighted by molar-refractivity contribution is 7.92. The second-order valence-electron chi connectivity index (χ2n) is 7.97. The first-order valence-corrected chi connectivity index (χ1v) is 12.5. The second-order valence-corrected chi connectivity index (χ2v) is 9.88. The lowest BCUT2D eigenvalue weighted by atomic mass is 10.1. The maximum atomic E-state index is 14.0. The van der Waals surface area contributed by atoms with Crippen molar-refractivity contribution in [2.75, 3.05) is 30.2 Å². The molecule has 0 aliphatic carbocycles. The van der Waals surface area contributed by atoms with Gasteiger partial charge in [0.15, 0.2) is 0 Å². The van der Waals surface area contributed by atoms with E-state index in [-0.39, 0.29) is 24.6 Å². The maximum Gasteiger partial charge on any atom is 0.232 e. The number of nitrogens with one attached hydrogen (secondary N) is 1. The first kappa shape index (κ1) is 23.2. The van der Waals surface area contributed by atoms with Gasteiger partial charge in [-0.05, 0) is 55.6 Å². The van der Waals surface area contributed by atoms with E-state index in [1.54, 1.807) is 6.07 Å². The molecule has 0 atom stereocenters. The van der Waals surface area contributed by atoms with Crippen LogP contribution < -0.4 is 9.62 Å². The first-order chi connectivity index (χ1) is 14.8. The molecule has 1 aliphatic rings. The molecule has 0 saturated carbocycles. The smallest absolute Gasteiger partial charge is 0.232 e. The Morgan fingerprint density at radius 3 is 2.52 bits per heavy atom. The number of amides is 1. The minimum atomic E-state index is -3.65. The average Bonchev–Trinajstić information content (AvgIpc) is 3.23. The molecule has 31 heavy (non-hydrogen) atoms. The minimum Gasteiger partial charge on any atom is -0.352 e. The molecule has 3 rings (SSSR count). The van der Waals surface area contributed by atoms with E-state index < -0.39 is 15.8 Å². The molecule has 1 heterocycles. The van der Waals surface area contributed by atoms with Crippen molar-refractivity contribution in [1.82, 2.24) is 10.2 Å². The van der Waals surface area contributed by atoms with Crippen LogP contribution in [0, 0.1) is 5.82 Å². The summed E-state index contributed by atoms with van der Waals surface area (Å²) in [4.78, 5) is 14.7. The topological polar surface area (TPSA) is 69.7 Å². The van der Waals surface area contributed by atoms with Gasteiger partial charge in [-0.25, -0.2) is 12.8 Å². The third-order valence-corrected chi connectivity index (χ3v) is 6.55. The molecule has 6 nitrogen and oxygen atoms in total. The Labute approximate surface area is 184 Å². The van der Waals surface area contributed by atoms with Crippen LogP contribution >= 0.6 is 0 Å². The van der Waals surface area contributed by atoms with Crippen LogP contribution in [-0.2, 0) is 27.9 Å². The van der Waals surface area contributed by atoms with E-state index in [0.717, 1.165) is 35.8 Å². The number of likely N-dealkylation sites (tertiary alicyclic amines) is 1. The van der Waals surface area contributed by atoms with Gasteiger partial charge in [0.2, 0.25) is 15.9 Å². The Morgan fingerprint density at radius 2 is 1.81 bits per heavy atom. The molecule has 8 heteroatoms. The van der Waals surface area contributed by atoms with Crippen LogP contribution in [0.25, 0.3) is 0 Å². The van der Waals surface area contributed by atoms with Gasteiger partial charge in [-0.3, -0.25) is 14.0 Å². The summed E-state index contributed by atoms with van der Waals surface area (Å²) in [6, 6.07) is 13.9. The number of para-hydroxylation sites is 1. The number of hydrogen-bond acceptors (Lipinski definition) is 4. The summed E-state index contributed by atoms with van der Waals surface area (Å²) in [7, 11) is -3.65. The van der Waals surface area contributed by atoms with E-state index in [1.807, 2.05) is 12.1 Å². The highest BCUT2D eigenvalue weighted by Crippen LogP contribution is 2.22. The molecule has 0 bridgehead atoms. The average molecular weight is 448 g/mol. The number of sulfonamides is 1. The number of benzene rings is 2. The summed E-state index contributed by atoms with van der Waals surface area (Å²) >= 11 is 0. The van der Waals surface area contributed by atoms with E-state index >= 15 is 0 Å². The van der Waals surface area contributed by atoms with Crippen molar-refractivity contribution in [1.29, 1.82) is 0 Å². The normalized spacial score (nSPS) is 14.5. The summed E-state index contributed by atoms with van der Waals surface area (Å²) in [6.07, 6.45) is 4.00. The van der Waals surface area contributed by atoms with Gasteiger partial charge in [0, 0.05) is 26.1 Å². The standard InChI is InChI=1S/C23H30FN3O3S/c1-31(29,30)27(22-11-3-2-10-21(22)24)15-7-12-23(28)25-17-19-8-6-9-20(16-19)18-26-13-4-5-14-26/h2-3,6,8-11,16H,4-5,7,12-15,17-18H2,1H3,(H,25,28). The van der Waals surface area contributed by atoms with Gasteiger partial charge in [0.1, 0.15) is 5.82 Å². The van der Waals surface area contributed by atoms with Crippen LogP contribution in [-0.4, -0.2) is 45.1 Å². The van der Waals surface area contributed by atoms with Gasteiger partial charge in [-0.2, -0.15) is 0 Å². The number of carbonyl (C=O) groups is 1. The summed E-state index contributed by atoms with van der Waals surface area (Å²) < 4.78 is 39.2. The van der Waals surface area contributed by atoms with Crippen LogP contribution in [0.1, 0.15) is 36.8 Å². The van der Waals surface area contributed by atoms with Crippen molar-refractivity contribution in [3.8, 4) is 0 Å². The molecule has 1 aliphatic heterocycles. The van der Waals surface area contributed by atoms with Gasteiger partial charge in [-0.15, -0.1) is 0 Å². The molecular weight excluding hydrogens is 417 g/mol. The molecule has 1 saturated heterocycles. The van der Waals surface area contributed by atoms with E-state index in [4.69, 9.17) is 0 Å². The van der Waals surface area contributed by atoms with Crippen LogP contribution in [0.2, 0.25) is 0 Å². The predicted molar refractivity (Wildman–Crippen MR) is 121 cm³/mol. The van der Waals surface area contributed by atoms with Crippen molar-refractivity contribution in [3.63, 3.8) is 0 Å². The van der Waals surface area contributed by atoms with E-state index in [9.17, 15) is 17.6 Å². The van der Waals surface area contributed by atoms with Crippen LogP contribution in [0.3, 0.4) is 0 Å². The van der Waals surface area contributed by atoms with Crippen molar-refractivity contribution in [2.24, 2.45) is 0 Å². The van der Waals surface area contributed by atoms with Crippen molar-refractivity contribution in [3.05, 3.63) is 65.5 Å². The Hall–Kier alpha value is -2.45. The van der Waals surface area contributed by atoms with E-state index in [0.29, 0.717) is 13.0 Å². The molecule has 1 fully saturated rings. The summed E-state index contributed by atoms with van der Waals surface area (Å²) in [6.45, 7) is 3.67. The maximum absolute atomic E-state index is 14.0. The number of nitrogens with zero attached hydrogens (tertiary/aromatic N) is 2. The lowest BCUT2D eigenvalue weighted by Crippen LogP contribution is -2.32. The Morgan fingerprint density at radius 1 is 1.10 bits per heavy atom. The van der Waals surface area contributed by atoms with Crippen molar-refractivity contribution in [2.45, 2.75) is 38.8 Å². The fraction of sp³-hybridized carbons (Fsp3) is 0.435. The predicted octanol–water partition coefficient (Wildman–Crippen LogP) is 3.28. The van der Waals surface area contributed by atoms with Gasteiger partial charge in [0.05, 0.1) is 11.9 Å². The number of halogens is 1. The van der Waals surface area contributed by atoms with Gasteiger partial charge in [0.25, 0.3) is 0 Å². The first-order valence-electron chi connectivity index (χ1n) is 10.6. The zero-order chi connectivity index (χ0) is 22.3. The zero-order valence-electron chi connectivity index (χ0n) is 17.9. The molecule has 0 unspecified atom stereocenters. The van der Waals surface area contributed by atoms with Crippen LogP contribution in [0.5, 0.6) is 0 Å². The quantitative estimate of drug-likeness (QED) is 0.607. The van der Waals surface area contributed by atoms with E-state index in [1.165, 1.54) is 36.6 Å². The number of hydrogen-bond donors (Lipinski definition) is 1. The lowest BCUT2D eigenvalue weighted by molar-refractivity contribution is -0.121. The molecule has 2 aromatic carbocycles. The fourth-order valence-corrected chi connectivity index (χ4v) is 4.79. The fourth-order valence-electron chi connectivity index (χ4n) is 3.83. The van der Waals surface area contributed by atoms with Gasteiger partial charge in [-0.1, -0.05) is 36.4 Å². The number of anilines is 1. The van der Waals surface area contributed by atoms with Crippen LogP contribution in [0.15, 0.2) is 48.5 Å². The molecule has 0 aromatic heterocycles. The summed E-state index contributed by atoms with van der Waals surface area (Å²) in [5, 5.41) is 2.89. The SMILES string of the molecule is CS(=O)(=O)N(CCCC(=O)NCc1cccc(CN2CCCC2)c1)c1ccccc1F. The minimum absolute atomic E-state index is 0.000209. The van der Waals surface area contributed by atoms with Gasteiger partial charge >= 0.3 is 0 Å². The van der Waals surface area contributed by atoms with Crippen LogP contribution in [0.4, 0.5) is 10.1 Å². The second kappa shape index (κ2) is 10.7. The Kier molecular flexibility index (Phi) is 8.03. The van der Waals surface area contributed by atoms with Crippen molar-refractivity contribution < 1.29 is 17.6 Å². The third-order valence-electron chi connectivity index (χ3n) is 5.37. The summed E-state index contributed by atoms with van der Waals surface area (Å²) in [5.74, 6) is -0.766. The largest absolute Gasteiger partial charge is 0.352 e. The van der Waals surface area contributed by atoms with Gasteiger partial charge < -0.3 is 5.32 Å². The molecule has 0 radical (unpaired) electrons. The zero-order valence-corrected chi connectivity index (χ0v) is 18.7. The highest BCUT2D eigenvalue weighted by atomic mass is 32.2. The van der Waals surface area contributed by atoms with Crippen molar-refractivity contribution >= 4 is 21.6 Å². The molecule has 168 valence electrons. The number of rotatable bonds is 10. The molecule has 2 aromatic rings. The highest BCUT2D eigenvalue weighted by Gasteiger charge is 2.20. The molecule has 1 N–H and O–H groups in total. The molecule has 0 spiro atoms. The third kappa shape index (κ3) is 7.04. The molecular formula is C23H30FN3O3S. The monoisotopic (exact) mass is 447 g/mol. The number of carbonyl (C=O) groups excluding carboxylic acids is 1. The summed E-state index contributed by atoms with van der Waals surface area (Å²) in [5.41, 5.74) is 2.27. The Bertz CT molecular complexity index is 991. The van der Waals surface area contributed by atoms with E-state index in [2.05, 4.69) is 22.3 Å².